The van der Waals surface area contributed by atoms with Crippen molar-refractivity contribution < 1.29 is 40.7 Å². The largest absolute Gasteiger partial charge is 0.433 e. The summed E-state index contributed by atoms with van der Waals surface area (Å²) >= 11 is 6.28. The van der Waals surface area contributed by atoms with Crippen LogP contribution >= 0.6 is 11.6 Å². The molecule has 0 fully saturated rings. The van der Waals surface area contributed by atoms with Gasteiger partial charge in [0.1, 0.15) is 17.6 Å². The molecule has 2 aromatic carbocycles. The van der Waals surface area contributed by atoms with Crippen molar-refractivity contribution in [3.8, 4) is 0 Å². The second kappa shape index (κ2) is 12.5. The average Bonchev–Trinajstić information content (AvgIpc) is 3.07. The SMILES string of the molecule is NC(=O)C(c1ccccc1)C(CCC(F)(F)F)C(=O)N[C@H]1CN(c2cccc(C(F)(F)F)n2)c2cccc(Cl)c2NC1=O. The van der Waals surface area contributed by atoms with Crippen LogP contribution in [-0.4, -0.2) is 41.5 Å². The van der Waals surface area contributed by atoms with Gasteiger partial charge in [0.15, 0.2) is 0 Å². The van der Waals surface area contributed by atoms with Crippen LogP contribution < -0.4 is 21.3 Å². The Morgan fingerprint density at radius 1 is 1.02 bits per heavy atom. The number of pyridine rings is 1. The summed E-state index contributed by atoms with van der Waals surface area (Å²) in [6.45, 7) is -0.488. The van der Waals surface area contributed by atoms with Crippen molar-refractivity contribution in [1.29, 1.82) is 0 Å². The van der Waals surface area contributed by atoms with E-state index in [1.807, 2.05) is 0 Å². The van der Waals surface area contributed by atoms with Gasteiger partial charge in [0.25, 0.3) is 0 Å². The molecule has 1 aliphatic heterocycles. The summed E-state index contributed by atoms with van der Waals surface area (Å²) in [5.74, 6) is -6.39. The number of nitrogens with zero attached hydrogens (tertiary/aromatic N) is 2. The minimum absolute atomic E-state index is 0.0121. The quantitative estimate of drug-likeness (QED) is 0.283. The number of alkyl halides is 6. The van der Waals surface area contributed by atoms with E-state index in [0.717, 1.165) is 12.1 Å². The Morgan fingerprint density at radius 3 is 2.33 bits per heavy atom. The molecule has 4 rings (SSSR count). The number of rotatable bonds is 8. The lowest BCUT2D eigenvalue weighted by atomic mass is 9.81. The van der Waals surface area contributed by atoms with Gasteiger partial charge in [0.2, 0.25) is 17.7 Å². The number of nitrogens with one attached hydrogen (secondary N) is 2. The lowest BCUT2D eigenvalue weighted by molar-refractivity contribution is -0.144. The number of halogens is 7. The molecule has 3 atom stereocenters. The summed E-state index contributed by atoms with van der Waals surface area (Å²) in [6.07, 6.45) is -11.7. The maximum Gasteiger partial charge on any atom is 0.433 e. The van der Waals surface area contributed by atoms with E-state index < -0.39 is 73.0 Å². The smallest absolute Gasteiger partial charge is 0.369 e. The number of anilines is 3. The average molecular weight is 628 g/mol. The lowest BCUT2D eigenvalue weighted by Gasteiger charge is -2.29. The Labute approximate surface area is 246 Å². The number of nitrogens with two attached hydrogens (primary N) is 1. The standard InChI is InChI=1S/C28H24ClF6N5O3/c29-17-8-4-9-19-23(17)39-26(43)18(14-40(19)21-11-5-10-20(38-21)28(33,34)35)37-25(42)16(12-13-27(30,31)32)22(24(36)41)15-6-2-1-3-7-15/h1-11,16,18,22H,12-14H2,(H2,36,41)(H,37,42)(H,39,43)/t16?,18-,22?/m0/s1. The van der Waals surface area contributed by atoms with Crippen molar-refractivity contribution in [2.45, 2.75) is 37.2 Å². The molecule has 0 spiro atoms. The fourth-order valence-electron chi connectivity index (χ4n) is 4.80. The number of aromatic nitrogens is 1. The van der Waals surface area contributed by atoms with Gasteiger partial charge in [-0.25, -0.2) is 4.98 Å². The summed E-state index contributed by atoms with van der Waals surface area (Å²) in [5, 5.41) is 4.93. The Balaban J connectivity index is 1.73. The molecule has 0 aliphatic carbocycles. The summed E-state index contributed by atoms with van der Waals surface area (Å²) in [5.41, 5.74) is 4.68. The Bertz CT molecular complexity index is 1500. The number of amides is 3. The first-order valence-electron chi connectivity index (χ1n) is 12.8. The first-order chi connectivity index (χ1) is 20.2. The molecule has 3 aromatic rings. The van der Waals surface area contributed by atoms with Crippen LogP contribution in [0.15, 0.2) is 66.7 Å². The Hall–Kier alpha value is -4.33. The maximum absolute atomic E-state index is 13.6. The van der Waals surface area contributed by atoms with Crippen molar-refractivity contribution in [3.63, 3.8) is 0 Å². The highest BCUT2D eigenvalue weighted by molar-refractivity contribution is 6.34. The van der Waals surface area contributed by atoms with E-state index in [4.69, 9.17) is 17.3 Å². The van der Waals surface area contributed by atoms with E-state index in [9.17, 15) is 40.7 Å². The van der Waals surface area contributed by atoms with E-state index in [0.29, 0.717) is 0 Å². The third-order valence-electron chi connectivity index (χ3n) is 6.77. The molecule has 2 heterocycles. The molecule has 0 saturated heterocycles. The molecule has 15 heteroatoms. The van der Waals surface area contributed by atoms with Gasteiger partial charge in [0.05, 0.1) is 34.8 Å². The molecule has 4 N–H and O–H groups in total. The number of hydrogen-bond acceptors (Lipinski definition) is 5. The lowest BCUT2D eigenvalue weighted by Crippen LogP contribution is -2.51. The van der Waals surface area contributed by atoms with Gasteiger partial charge in [-0.05, 0) is 36.2 Å². The molecule has 2 unspecified atom stereocenters. The van der Waals surface area contributed by atoms with Crippen LogP contribution in [0.3, 0.4) is 0 Å². The highest BCUT2D eigenvalue weighted by Crippen LogP contribution is 2.40. The van der Waals surface area contributed by atoms with Crippen LogP contribution in [0.2, 0.25) is 5.02 Å². The number of fused-ring (bicyclic) bond motifs is 1. The van der Waals surface area contributed by atoms with Crippen molar-refractivity contribution in [2.75, 3.05) is 16.8 Å². The molecule has 0 saturated carbocycles. The van der Waals surface area contributed by atoms with Crippen LogP contribution in [0.25, 0.3) is 0 Å². The summed E-state index contributed by atoms with van der Waals surface area (Å²) < 4.78 is 80.1. The third kappa shape index (κ3) is 7.55. The van der Waals surface area contributed by atoms with Gasteiger partial charge in [0, 0.05) is 6.42 Å². The molecule has 0 radical (unpaired) electrons. The number of para-hydroxylation sites is 1. The molecule has 1 aliphatic rings. The van der Waals surface area contributed by atoms with E-state index in [2.05, 4.69) is 15.6 Å². The molecule has 43 heavy (non-hydrogen) atoms. The number of primary amides is 1. The molecule has 8 nitrogen and oxygen atoms in total. The number of carbonyl (C=O) groups excluding carboxylic acids is 3. The zero-order valence-corrected chi connectivity index (χ0v) is 22.8. The number of hydrogen-bond donors (Lipinski definition) is 3. The van der Waals surface area contributed by atoms with Crippen LogP contribution in [0.5, 0.6) is 0 Å². The van der Waals surface area contributed by atoms with Gasteiger partial charge < -0.3 is 21.3 Å². The second-order valence-corrected chi connectivity index (χ2v) is 10.1. The zero-order chi connectivity index (χ0) is 31.5. The summed E-state index contributed by atoms with van der Waals surface area (Å²) in [4.78, 5) is 44.3. The maximum atomic E-state index is 13.6. The van der Waals surface area contributed by atoms with Crippen LogP contribution in [0.4, 0.5) is 43.5 Å². The normalized spacial score (nSPS) is 16.9. The number of carbonyl (C=O) groups is 3. The molecular formula is C28H24ClF6N5O3. The summed E-state index contributed by atoms with van der Waals surface area (Å²) in [6, 6.07) is 13.4. The Morgan fingerprint density at radius 2 is 1.70 bits per heavy atom. The fourth-order valence-corrected chi connectivity index (χ4v) is 5.01. The van der Waals surface area contributed by atoms with Gasteiger partial charge in [-0.1, -0.05) is 54.1 Å². The van der Waals surface area contributed by atoms with Crippen LogP contribution in [0, 0.1) is 5.92 Å². The first-order valence-corrected chi connectivity index (χ1v) is 13.2. The van der Waals surface area contributed by atoms with Gasteiger partial charge in [-0.2, -0.15) is 26.3 Å². The van der Waals surface area contributed by atoms with Crippen molar-refractivity contribution >= 4 is 46.5 Å². The highest BCUT2D eigenvalue weighted by atomic mass is 35.5. The van der Waals surface area contributed by atoms with E-state index >= 15 is 0 Å². The topological polar surface area (TPSA) is 117 Å². The molecule has 0 bridgehead atoms. The van der Waals surface area contributed by atoms with Crippen LogP contribution in [-0.2, 0) is 20.6 Å². The monoisotopic (exact) mass is 627 g/mol. The molecule has 3 amide bonds. The van der Waals surface area contributed by atoms with E-state index in [1.54, 1.807) is 6.07 Å². The van der Waals surface area contributed by atoms with Gasteiger partial charge in [-0.3, -0.25) is 14.4 Å². The van der Waals surface area contributed by atoms with E-state index in [1.165, 1.54) is 53.4 Å². The van der Waals surface area contributed by atoms with Gasteiger partial charge in [-0.15, -0.1) is 0 Å². The minimum Gasteiger partial charge on any atom is -0.369 e. The van der Waals surface area contributed by atoms with Crippen molar-refractivity contribution in [1.82, 2.24) is 10.3 Å². The van der Waals surface area contributed by atoms with Crippen molar-refractivity contribution in [3.05, 3.63) is 83.0 Å². The third-order valence-corrected chi connectivity index (χ3v) is 7.09. The second-order valence-electron chi connectivity index (χ2n) is 9.72. The van der Waals surface area contributed by atoms with Crippen molar-refractivity contribution in [2.24, 2.45) is 11.7 Å². The van der Waals surface area contributed by atoms with Gasteiger partial charge >= 0.3 is 12.4 Å². The molecular weight excluding hydrogens is 604 g/mol. The summed E-state index contributed by atoms with van der Waals surface area (Å²) in [7, 11) is 0. The zero-order valence-electron chi connectivity index (χ0n) is 22.0. The Kier molecular flexibility index (Phi) is 9.18. The van der Waals surface area contributed by atoms with E-state index in [-0.39, 0.29) is 27.8 Å². The molecule has 1 aromatic heterocycles. The first kappa shape index (κ1) is 31.6. The molecule has 228 valence electrons. The predicted molar refractivity (Wildman–Crippen MR) is 145 cm³/mol. The minimum atomic E-state index is -4.80. The fraction of sp³-hybridized carbons (Fsp3) is 0.286. The number of benzene rings is 2. The van der Waals surface area contributed by atoms with Crippen LogP contribution in [0.1, 0.15) is 30.0 Å². The highest BCUT2D eigenvalue weighted by Gasteiger charge is 2.40. The predicted octanol–water partition coefficient (Wildman–Crippen LogP) is 5.56.